The zero-order chi connectivity index (χ0) is 13.1. The first-order valence-corrected chi connectivity index (χ1v) is 5.87. The lowest BCUT2D eigenvalue weighted by atomic mass is 10.1. The van der Waals surface area contributed by atoms with Gasteiger partial charge < -0.3 is 16.2 Å². The lowest BCUT2D eigenvalue weighted by Gasteiger charge is -2.02. The van der Waals surface area contributed by atoms with Crippen LogP contribution in [0.4, 0.5) is 9.52 Å². The zero-order valence-corrected chi connectivity index (χ0v) is 12.5. The molecule has 4 N–H and O–H groups in total. The van der Waals surface area contributed by atoms with Gasteiger partial charge in [0.2, 0.25) is 5.13 Å². The van der Waals surface area contributed by atoms with Crippen molar-refractivity contribution in [2.24, 2.45) is 16.5 Å². The van der Waals surface area contributed by atoms with Gasteiger partial charge in [0.05, 0.1) is 12.8 Å². The predicted molar refractivity (Wildman–Crippen MR) is 79.9 cm³/mol. The maximum atomic E-state index is 13.8. The van der Waals surface area contributed by atoms with Gasteiger partial charge in [-0.2, -0.15) is 4.99 Å². The summed E-state index contributed by atoms with van der Waals surface area (Å²) in [4.78, 5) is 7.93. The molecule has 2 aromatic rings. The third-order valence-electron chi connectivity index (χ3n) is 2.17. The molecule has 0 bridgehead atoms. The summed E-state index contributed by atoms with van der Waals surface area (Å²) in [6.45, 7) is 0. The van der Waals surface area contributed by atoms with Gasteiger partial charge in [0.25, 0.3) is 0 Å². The Morgan fingerprint density at radius 2 is 2.16 bits per heavy atom. The van der Waals surface area contributed by atoms with Gasteiger partial charge in [0.15, 0.2) is 5.96 Å². The van der Waals surface area contributed by atoms with Crippen LogP contribution >= 0.6 is 28.3 Å². The van der Waals surface area contributed by atoms with E-state index in [-0.39, 0.29) is 22.9 Å². The molecule has 0 amide bonds. The van der Waals surface area contributed by atoms with E-state index in [0.717, 1.165) is 0 Å². The molecule has 19 heavy (non-hydrogen) atoms. The second kappa shape index (κ2) is 6.48. The number of nitrogens with two attached hydrogens (primary N) is 2. The first-order chi connectivity index (χ1) is 8.60. The van der Waals surface area contributed by atoms with Crippen LogP contribution in [-0.2, 0) is 0 Å². The number of methoxy groups -OCH3 is 1. The summed E-state index contributed by atoms with van der Waals surface area (Å²) < 4.78 is 18.7. The number of hydrogen-bond acceptors (Lipinski definition) is 4. The molecule has 0 saturated carbocycles. The highest BCUT2D eigenvalue weighted by Crippen LogP contribution is 2.30. The molecule has 0 aliphatic carbocycles. The number of benzene rings is 1. The number of ether oxygens (including phenoxy) is 1. The molecule has 0 radical (unpaired) electrons. The van der Waals surface area contributed by atoms with E-state index in [0.29, 0.717) is 22.1 Å². The Bertz CT molecular complexity index is 598. The van der Waals surface area contributed by atoms with Crippen LogP contribution in [0, 0.1) is 5.82 Å². The van der Waals surface area contributed by atoms with Crippen molar-refractivity contribution in [2.45, 2.75) is 0 Å². The van der Waals surface area contributed by atoms with Crippen molar-refractivity contribution in [3.63, 3.8) is 0 Å². The molecule has 102 valence electrons. The van der Waals surface area contributed by atoms with Crippen molar-refractivity contribution in [1.82, 2.24) is 4.98 Å². The summed E-state index contributed by atoms with van der Waals surface area (Å²) in [5.74, 6) is -0.0297. The van der Waals surface area contributed by atoms with Crippen molar-refractivity contribution in [2.75, 3.05) is 7.11 Å². The molecule has 0 aliphatic heterocycles. The van der Waals surface area contributed by atoms with Crippen molar-refractivity contribution < 1.29 is 9.13 Å². The summed E-state index contributed by atoms with van der Waals surface area (Å²) in [5.41, 5.74) is 11.4. The van der Waals surface area contributed by atoms with E-state index < -0.39 is 5.82 Å². The van der Waals surface area contributed by atoms with Gasteiger partial charge in [-0.1, -0.05) is 0 Å². The van der Waals surface area contributed by atoms with Crippen molar-refractivity contribution >= 4 is 39.4 Å². The van der Waals surface area contributed by atoms with Crippen molar-refractivity contribution in [3.05, 3.63) is 29.4 Å². The number of aromatic nitrogens is 1. The fourth-order valence-electron chi connectivity index (χ4n) is 1.38. The van der Waals surface area contributed by atoms with Crippen molar-refractivity contribution in [3.8, 4) is 17.0 Å². The Morgan fingerprint density at radius 3 is 2.74 bits per heavy atom. The molecule has 0 spiro atoms. The van der Waals surface area contributed by atoms with Gasteiger partial charge in [-0.05, 0) is 12.1 Å². The summed E-state index contributed by atoms with van der Waals surface area (Å²) in [6, 6.07) is 4.56. The average molecular weight is 347 g/mol. The molecule has 0 unspecified atom stereocenters. The quantitative estimate of drug-likeness (QED) is 0.660. The molecule has 1 aromatic heterocycles. The van der Waals surface area contributed by atoms with E-state index in [1.165, 1.54) is 24.5 Å². The van der Waals surface area contributed by atoms with E-state index >= 15 is 0 Å². The third kappa shape index (κ3) is 3.65. The van der Waals surface area contributed by atoms with Gasteiger partial charge in [-0.3, -0.25) is 0 Å². The van der Waals surface area contributed by atoms with Gasteiger partial charge in [0, 0.05) is 17.0 Å². The molecule has 2 rings (SSSR count). The first-order valence-electron chi connectivity index (χ1n) is 4.99. The van der Waals surface area contributed by atoms with Crippen LogP contribution in [0.15, 0.2) is 28.6 Å². The Balaban J connectivity index is 0.00000180. The number of nitrogens with zero attached hydrogens (tertiary/aromatic N) is 2. The molecule has 0 fully saturated rings. The van der Waals surface area contributed by atoms with Gasteiger partial charge in [-0.15, -0.1) is 28.3 Å². The molecule has 8 heteroatoms. The largest absolute Gasteiger partial charge is 0.497 e. The highest BCUT2D eigenvalue weighted by Gasteiger charge is 2.10. The second-order valence-corrected chi connectivity index (χ2v) is 4.23. The van der Waals surface area contributed by atoms with E-state index in [4.69, 9.17) is 16.2 Å². The number of rotatable bonds is 3. The zero-order valence-electron chi connectivity index (χ0n) is 9.96. The van der Waals surface area contributed by atoms with Gasteiger partial charge in [-0.25, -0.2) is 9.37 Å². The number of aliphatic imine (C=N–C) groups is 1. The van der Waals surface area contributed by atoms with E-state index in [1.807, 2.05) is 0 Å². The number of hydrogen-bond donors (Lipinski definition) is 2. The molecular formula is C11H12BrFN4OS. The molecule has 0 saturated heterocycles. The van der Waals surface area contributed by atoms with Crippen LogP contribution < -0.4 is 16.2 Å². The topological polar surface area (TPSA) is 86.5 Å². The minimum atomic E-state index is -0.407. The second-order valence-electron chi connectivity index (χ2n) is 3.40. The third-order valence-corrected chi connectivity index (χ3v) is 2.90. The Kier molecular flexibility index (Phi) is 5.25. The highest BCUT2D eigenvalue weighted by atomic mass is 79.9. The smallest absolute Gasteiger partial charge is 0.212 e. The number of halogens is 2. The molecule has 0 aliphatic rings. The predicted octanol–water partition coefficient (Wildman–Crippen LogP) is 2.44. The molecule has 1 heterocycles. The lowest BCUT2D eigenvalue weighted by Crippen LogP contribution is -2.21. The molecule has 5 nitrogen and oxygen atoms in total. The van der Waals surface area contributed by atoms with Crippen LogP contribution in [0.5, 0.6) is 5.75 Å². The van der Waals surface area contributed by atoms with Crippen LogP contribution in [0.25, 0.3) is 11.3 Å². The summed E-state index contributed by atoms with van der Waals surface area (Å²) in [6.07, 6.45) is 0. The molecule has 0 atom stereocenters. The van der Waals surface area contributed by atoms with E-state index in [9.17, 15) is 4.39 Å². The Labute approximate surface area is 123 Å². The monoisotopic (exact) mass is 346 g/mol. The fourth-order valence-corrected chi connectivity index (χ4v) is 2.09. The molecular weight excluding hydrogens is 335 g/mol. The lowest BCUT2D eigenvalue weighted by molar-refractivity contribution is 0.411. The van der Waals surface area contributed by atoms with Crippen LogP contribution in [-0.4, -0.2) is 18.1 Å². The standard InChI is InChI=1S/C11H11FN4OS.BrH/c1-17-6-2-3-7(8(12)4-6)9-5-18-11(15-9)16-10(13)14;/h2-5H,1H3,(H4,13,14,15,16);1H. The van der Waals surface area contributed by atoms with Crippen LogP contribution in [0.2, 0.25) is 0 Å². The summed E-state index contributed by atoms with van der Waals surface area (Å²) >= 11 is 1.23. The van der Waals surface area contributed by atoms with Crippen LogP contribution in [0.1, 0.15) is 0 Å². The maximum absolute atomic E-state index is 13.8. The Morgan fingerprint density at radius 1 is 1.42 bits per heavy atom. The normalized spacial score (nSPS) is 9.58. The van der Waals surface area contributed by atoms with E-state index in [2.05, 4.69) is 9.98 Å². The molecule has 1 aromatic carbocycles. The fraction of sp³-hybridized carbons (Fsp3) is 0.0909. The Hall–Kier alpha value is -1.67. The maximum Gasteiger partial charge on any atom is 0.212 e. The number of guanidine groups is 1. The first kappa shape index (κ1) is 15.4. The van der Waals surface area contributed by atoms with Gasteiger partial charge in [0.1, 0.15) is 11.6 Å². The average Bonchev–Trinajstić information content (AvgIpc) is 2.76. The summed E-state index contributed by atoms with van der Waals surface area (Å²) in [7, 11) is 1.48. The van der Waals surface area contributed by atoms with Crippen molar-refractivity contribution in [1.29, 1.82) is 0 Å². The minimum Gasteiger partial charge on any atom is -0.497 e. The summed E-state index contributed by atoms with van der Waals surface area (Å²) in [5, 5.41) is 2.08. The van der Waals surface area contributed by atoms with E-state index in [1.54, 1.807) is 17.5 Å². The minimum absolute atomic E-state index is 0. The SMILES string of the molecule is Br.COc1ccc(-c2csc(N=C(N)N)n2)c(F)c1. The highest BCUT2D eigenvalue weighted by molar-refractivity contribution is 8.93. The number of thiazole rings is 1. The van der Waals surface area contributed by atoms with Crippen LogP contribution in [0.3, 0.4) is 0 Å². The van der Waals surface area contributed by atoms with Gasteiger partial charge >= 0.3 is 0 Å².